The maximum Gasteiger partial charge on any atom is 0.120 e. The highest BCUT2D eigenvalue weighted by atomic mass is 35.5. The number of nitrogens with zero attached hydrogens (tertiary/aromatic N) is 1. The summed E-state index contributed by atoms with van der Waals surface area (Å²) in [6.45, 7) is 1.52. The Hall–Kier alpha value is -1.55. The number of halogens is 1. The van der Waals surface area contributed by atoms with E-state index in [-0.39, 0.29) is 0 Å². The number of aromatic hydroxyl groups is 1. The minimum atomic E-state index is 0.352. The van der Waals surface area contributed by atoms with Crippen molar-refractivity contribution in [3.63, 3.8) is 0 Å². The van der Waals surface area contributed by atoms with Crippen molar-refractivity contribution in [2.24, 2.45) is 0 Å². The maximum absolute atomic E-state index is 10.2. The third-order valence-electron chi connectivity index (χ3n) is 3.50. The zero-order chi connectivity index (χ0) is 14.8. The Balaban J connectivity index is 1.85. The summed E-state index contributed by atoms with van der Waals surface area (Å²) in [5, 5.41) is 12.4. The molecule has 0 radical (unpaired) electrons. The van der Waals surface area contributed by atoms with E-state index in [4.69, 9.17) is 11.6 Å². The van der Waals surface area contributed by atoms with E-state index in [1.165, 1.54) is 4.88 Å². The molecule has 0 saturated carbocycles. The smallest absolute Gasteiger partial charge is 0.120 e. The standard InChI is InChI=1S/C17H16ClNOS/c1-19(10-13-7-9-17(18)21-13)11-15-14-5-3-2-4-12(14)6-8-16(15)20/h2-9,20H,10-11H2,1H3. The van der Waals surface area contributed by atoms with Crippen LogP contribution in [-0.2, 0) is 13.1 Å². The van der Waals surface area contributed by atoms with Gasteiger partial charge in [-0.15, -0.1) is 11.3 Å². The summed E-state index contributed by atoms with van der Waals surface area (Å²) < 4.78 is 0.811. The lowest BCUT2D eigenvalue weighted by molar-refractivity contribution is 0.317. The third-order valence-corrected chi connectivity index (χ3v) is 4.71. The first-order valence-corrected chi connectivity index (χ1v) is 7.95. The van der Waals surface area contributed by atoms with Gasteiger partial charge >= 0.3 is 0 Å². The Morgan fingerprint density at radius 3 is 2.62 bits per heavy atom. The van der Waals surface area contributed by atoms with Gasteiger partial charge in [0.2, 0.25) is 0 Å². The summed E-state index contributed by atoms with van der Waals surface area (Å²) in [6, 6.07) is 15.8. The second-order valence-corrected chi connectivity index (χ2v) is 6.96. The molecule has 0 aliphatic heterocycles. The molecule has 3 rings (SSSR count). The zero-order valence-electron chi connectivity index (χ0n) is 11.7. The van der Waals surface area contributed by atoms with E-state index in [2.05, 4.69) is 24.1 Å². The first kappa shape index (κ1) is 14.4. The topological polar surface area (TPSA) is 23.5 Å². The van der Waals surface area contributed by atoms with Crippen LogP contribution in [0.1, 0.15) is 10.4 Å². The van der Waals surface area contributed by atoms with Crippen LogP contribution in [0.15, 0.2) is 48.5 Å². The SMILES string of the molecule is CN(Cc1ccc(Cl)s1)Cc1c(O)ccc2ccccc12. The molecule has 108 valence electrons. The van der Waals surface area contributed by atoms with Crippen molar-refractivity contribution in [2.45, 2.75) is 13.1 Å². The predicted molar refractivity (Wildman–Crippen MR) is 90.1 cm³/mol. The second kappa shape index (κ2) is 6.06. The largest absolute Gasteiger partial charge is 0.508 e. The van der Waals surface area contributed by atoms with Crippen molar-refractivity contribution in [2.75, 3.05) is 7.05 Å². The van der Waals surface area contributed by atoms with Crippen LogP contribution < -0.4 is 0 Å². The molecular formula is C17H16ClNOS. The van der Waals surface area contributed by atoms with Gasteiger partial charge in [-0.2, -0.15) is 0 Å². The minimum absolute atomic E-state index is 0.352. The molecule has 0 amide bonds. The molecule has 2 nitrogen and oxygen atoms in total. The number of fused-ring (bicyclic) bond motifs is 1. The molecule has 1 heterocycles. The summed E-state index contributed by atoms with van der Waals surface area (Å²) in [5.41, 5.74) is 0.971. The van der Waals surface area contributed by atoms with Gasteiger partial charge in [-0.3, -0.25) is 4.90 Å². The molecule has 0 saturated heterocycles. The van der Waals surface area contributed by atoms with Crippen molar-refractivity contribution >= 4 is 33.7 Å². The van der Waals surface area contributed by atoms with Crippen molar-refractivity contribution in [3.8, 4) is 5.75 Å². The van der Waals surface area contributed by atoms with Gasteiger partial charge in [-0.1, -0.05) is 41.9 Å². The van der Waals surface area contributed by atoms with Crippen LogP contribution in [0.5, 0.6) is 5.75 Å². The predicted octanol–water partition coefficient (Wildman–Crippen LogP) is 4.89. The van der Waals surface area contributed by atoms with E-state index < -0.39 is 0 Å². The van der Waals surface area contributed by atoms with Crippen LogP contribution in [0.2, 0.25) is 4.34 Å². The monoisotopic (exact) mass is 317 g/mol. The fourth-order valence-corrected chi connectivity index (χ4v) is 3.69. The number of phenols is 1. The Bertz CT molecular complexity index is 768. The van der Waals surface area contributed by atoms with Crippen molar-refractivity contribution < 1.29 is 5.11 Å². The number of rotatable bonds is 4. The minimum Gasteiger partial charge on any atom is -0.508 e. The quantitative estimate of drug-likeness (QED) is 0.740. The highest BCUT2D eigenvalue weighted by molar-refractivity contribution is 7.16. The summed E-state index contributed by atoms with van der Waals surface area (Å²) in [5.74, 6) is 0.352. The van der Waals surface area contributed by atoms with E-state index >= 15 is 0 Å². The Morgan fingerprint density at radius 2 is 1.86 bits per heavy atom. The summed E-state index contributed by atoms with van der Waals surface area (Å²) >= 11 is 7.56. The second-order valence-electron chi connectivity index (χ2n) is 5.16. The van der Waals surface area contributed by atoms with Crippen LogP contribution in [0.3, 0.4) is 0 Å². The van der Waals surface area contributed by atoms with Gasteiger partial charge in [-0.25, -0.2) is 0 Å². The molecule has 1 N–H and O–H groups in total. The van der Waals surface area contributed by atoms with Gasteiger partial charge in [-0.05, 0) is 36.0 Å². The van der Waals surface area contributed by atoms with Crippen molar-refractivity contribution in [3.05, 3.63) is 63.3 Å². The summed E-state index contributed by atoms with van der Waals surface area (Å²) in [6.07, 6.45) is 0. The molecule has 4 heteroatoms. The van der Waals surface area contributed by atoms with Gasteiger partial charge < -0.3 is 5.11 Å². The lowest BCUT2D eigenvalue weighted by Crippen LogP contribution is -2.16. The lowest BCUT2D eigenvalue weighted by atomic mass is 10.0. The van der Waals surface area contributed by atoms with Crippen LogP contribution >= 0.6 is 22.9 Å². The zero-order valence-corrected chi connectivity index (χ0v) is 13.3. The highest BCUT2D eigenvalue weighted by Crippen LogP contribution is 2.29. The van der Waals surface area contributed by atoms with Crippen LogP contribution in [0.25, 0.3) is 10.8 Å². The summed E-state index contributed by atoms with van der Waals surface area (Å²) in [4.78, 5) is 3.41. The molecule has 0 aliphatic rings. The van der Waals surface area contributed by atoms with E-state index in [9.17, 15) is 5.11 Å². The molecule has 3 aromatic rings. The van der Waals surface area contributed by atoms with Gasteiger partial charge in [0.05, 0.1) is 4.34 Å². The fraction of sp³-hybridized carbons (Fsp3) is 0.176. The van der Waals surface area contributed by atoms with Gasteiger partial charge in [0.1, 0.15) is 5.75 Å². The molecule has 0 unspecified atom stereocenters. The highest BCUT2D eigenvalue weighted by Gasteiger charge is 2.10. The molecule has 0 aliphatic carbocycles. The number of phenolic OH excluding ortho intramolecular Hbond substituents is 1. The van der Waals surface area contributed by atoms with Gasteiger partial charge in [0.15, 0.2) is 0 Å². The maximum atomic E-state index is 10.2. The molecule has 1 aromatic heterocycles. The molecule has 2 aromatic carbocycles. The molecule has 0 spiro atoms. The first-order valence-electron chi connectivity index (χ1n) is 6.76. The molecular weight excluding hydrogens is 302 g/mol. The Labute approximate surface area is 133 Å². The normalized spacial score (nSPS) is 11.4. The molecule has 0 bridgehead atoms. The number of benzene rings is 2. The number of hydrogen-bond acceptors (Lipinski definition) is 3. The summed E-state index contributed by atoms with van der Waals surface area (Å²) in [7, 11) is 2.05. The molecule has 0 fully saturated rings. The first-order chi connectivity index (χ1) is 10.1. The van der Waals surface area contributed by atoms with E-state index in [0.717, 1.165) is 27.2 Å². The number of hydrogen-bond donors (Lipinski definition) is 1. The van der Waals surface area contributed by atoms with Crippen molar-refractivity contribution in [1.82, 2.24) is 4.90 Å². The van der Waals surface area contributed by atoms with E-state index in [0.29, 0.717) is 12.3 Å². The lowest BCUT2D eigenvalue weighted by Gasteiger charge is -2.18. The Morgan fingerprint density at radius 1 is 1.05 bits per heavy atom. The van der Waals surface area contributed by atoms with Gasteiger partial charge in [0, 0.05) is 23.5 Å². The van der Waals surface area contributed by atoms with Crippen LogP contribution in [0, 0.1) is 0 Å². The van der Waals surface area contributed by atoms with E-state index in [1.54, 1.807) is 17.4 Å². The molecule has 21 heavy (non-hydrogen) atoms. The van der Waals surface area contributed by atoms with Crippen molar-refractivity contribution in [1.29, 1.82) is 0 Å². The van der Waals surface area contributed by atoms with Crippen LogP contribution in [0.4, 0.5) is 0 Å². The third kappa shape index (κ3) is 3.21. The fourth-order valence-electron chi connectivity index (χ4n) is 2.52. The van der Waals surface area contributed by atoms with Crippen LogP contribution in [-0.4, -0.2) is 17.1 Å². The number of thiophene rings is 1. The van der Waals surface area contributed by atoms with E-state index in [1.807, 2.05) is 30.3 Å². The van der Waals surface area contributed by atoms with Gasteiger partial charge in [0.25, 0.3) is 0 Å². The average Bonchev–Trinajstić information content (AvgIpc) is 2.87. The average molecular weight is 318 g/mol. The molecule has 0 atom stereocenters. The Kier molecular flexibility index (Phi) is 4.15.